The molecule has 1 saturated carbocycles. The van der Waals surface area contributed by atoms with Crippen LogP contribution >= 0.6 is 11.6 Å². The molecular formula is C15H16ClNO2. The summed E-state index contributed by atoms with van der Waals surface area (Å²) in [7, 11) is 0. The van der Waals surface area contributed by atoms with E-state index in [1.165, 1.54) is 0 Å². The first-order chi connectivity index (χ1) is 9.00. The normalized spacial score (nSPS) is 27.0. The zero-order valence-corrected chi connectivity index (χ0v) is 11.5. The third-order valence-corrected chi connectivity index (χ3v) is 4.49. The minimum Gasteiger partial charge on any atom is -0.453 e. The van der Waals surface area contributed by atoms with Gasteiger partial charge in [-0.2, -0.15) is 0 Å². The third kappa shape index (κ3) is 1.97. The predicted octanol–water partition coefficient (Wildman–Crippen LogP) is 3.79. The van der Waals surface area contributed by atoms with Crippen LogP contribution in [0, 0.1) is 5.41 Å². The molecule has 3 nitrogen and oxygen atoms in total. The van der Waals surface area contributed by atoms with Crippen LogP contribution in [0.2, 0.25) is 5.02 Å². The molecule has 1 heterocycles. The van der Waals surface area contributed by atoms with Gasteiger partial charge in [-0.25, -0.2) is 0 Å². The smallest absolute Gasteiger partial charge is 0.205 e. The summed E-state index contributed by atoms with van der Waals surface area (Å²) in [5.74, 6) is 0.391. The molecule has 1 aromatic carbocycles. The highest BCUT2D eigenvalue weighted by atomic mass is 35.5. The quantitative estimate of drug-likeness (QED) is 0.850. The van der Waals surface area contributed by atoms with E-state index < -0.39 is 5.41 Å². The fourth-order valence-corrected chi connectivity index (χ4v) is 3.06. The first-order valence-electron chi connectivity index (χ1n) is 6.50. The average molecular weight is 278 g/mol. The molecule has 0 amide bonds. The fourth-order valence-electron chi connectivity index (χ4n) is 2.88. The molecule has 0 bridgehead atoms. The number of fused-ring (bicyclic) bond motifs is 1. The Morgan fingerprint density at radius 1 is 1.47 bits per heavy atom. The van der Waals surface area contributed by atoms with E-state index in [0.717, 1.165) is 24.6 Å². The monoisotopic (exact) mass is 277 g/mol. The van der Waals surface area contributed by atoms with Crippen molar-refractivity contribution in [2.45, 2.75) is 32.2 Å². The summed E-state index contributed by atoms with van der Waals surface area (Å²) in [6, 6.07) is 7.01. The van der Waals surface area contributed by atoms with Crippen LogP contribution in [0.25, 0.3) is 11.0 Å². The molecule has 1 aliphatic carbocycles. The number of hydrogen-bond acceptors (Lipinski definition) is 3. The second-order valence-corrected chi connectivity index (χ2v) is 5.97. The van der Waals surface area contributed by atoms with Crippen LogP contribution in [0.4, 0.5) is 0 Å². The molecule has 0 spiro atoms. The van der Waals surface area contributed by atoms with E-state index in [2.05, 4.69) is 0 Å². The van der Waals surface area contributed by atoms with Gasteiger partial charge in [0.05, 0.1) is 0 Å². The zero-order chi connectivity index (χ0) is 13.6. The van der Waals surface area contributed by atoms with Crippen LogP contribution in [0.3, 0.4) is 0 Å². The highest BCUT2D eigenvalue weighted by Crippen LogP contribution is 2.40. The summed E-state index contributed by atoms with van der Waals surface area (Å²) >= 11 is 5.94. The molecule has 19 heavy (non-hydrogen) atoms. The van der Waals surface area contributed by atoms with E-state index >= 15 is 0 Å². The lowest BCUT2D eigenvalue weighted by molar-refractivity contribution is 0.0774. The molecule has 3 rings (SSSR count). The van der Waals surface area contributed by atoms with Crippen LogP contribution in [0.1, 0.15) is 36.7 Å². The van der Waals surface area contributed by atoms with Crippen LogP contribution in [-0.2, 0) is 0 Å². The van der Waals surface area contributed by atoms with Crippen LogP contribution < -0.4 is 5.73 Å². The Hall–Kier alpha value is -1.32. The topological polar surface area (TPSA) is 56.2 Å². The van der Waals surface area contributed by atoms with Gasteiger partial charge in [-0.1, -0.05) is 24.9 Å². The average Bonchev–Trinajstić information content (AvgIpc) is 2.93. The number of furan rings is 1. The Morgan fingerprint density at radius 2 is 2.26 bits per heavy atom. The summed E-state index contributed by atoms with van der Waals surface area (Å²) in [4.78, 5) is 12.6. The highest BCUT2D eigenvalue weighted by molar-refractivity contribution is 6.31. The van der Waals surface area contributed by atoms with Crippen molar-refractivity contribution in [1.82, 2.24) is 0 Å². The summed E-state index contributed by atoms with van der Waals surface area (Å²) in [6.07, 6.45) is 2.72. The van der Waals surface area contributed by atoms with Gasteiger partial charge < -0.3 is 10.2 Å². The number of benzene rings is 1. The first kappa shape index (κ1) is 12.7. The van der Waals surface area contributed by atoms with E-state index in [0.29, 0.717) is 16.4 Å². The minimum atomic E-state index is -0.502. The van der Waals surface area contributed by atoms with E-state index in [1.54, 1.807) is 24.3 Å². The third-order valence-electron chi connectivity index (χ3n) is 4.25. The number of carbonyl (C=O) groups excluding carboxylic acids is 1. The van der Waals surface area contributed by atoms with E-state index in [-0.39, 0.29) is 11.8 Å². The molecule has 0 aliphatic heterocycles. The summed E-state index contributed by atoms with van der Waals surface area (Å²) in [5, 5.41) is 1.49. The lowest BCUT2D eigenvalue weighted by atomic mass is 9.80. The van der Waals surface area contributed by atoms with Crippen LogP contribution in [-0.4, -0.2) is 11.8 Å². The first-order valence-corrected chi connectivity index (χ1v) is 6.88. The molecule has 0 radical (unpaired) electrons. The van der Waals surface area contributed by atoms with Crippen LogP contribution in [0.5, 0.6) is 0 Å². The molecule has 2 N–H and O–H groups in total. The summed E-state index contributed by atoms with van der Waals surface area (Å²) in [5.41, 5.74) is 6.27. The molecule has 2 atom stereocenters. The molecule has 1 fully saturated rings. The van der Waals surface area contributed by atoms with Crippen molar-refractivity contribution in [2.24, 2.45) is 11.1 Å². The second kappa shape index (κ2) is 4.36. The molecule has 4 heteroatoms. The van der Waals surface area contributed by atoms with Crippen molar-refractivity contribution in [3.05, 3.63) is 35.0 Å². The number of hydrogen-bond donors (Lipinski definition) is 1. The van der Waals surface area contributed by atoms with Gasteiger partial charge in [0.15, 0.2) is 5.76 Å². The zero-order valence-electron chi connectivity index (χ0n) is 10.8. The lowest BCUT2D eigenvalue weighted by Crippen LogP contribution is -2.41. The van der Waals surface area contributed by atoms with Gasteiger partial charge in [0.1, 0.15) is 5.58 Å². The van der Waals surface area contributed by atoms with Crippen molar-refractivity contribution in [2.75, 3.05) is 0 Å². The number of ketones is 1. The SMILES string of the molecule is CC1(C(=O)c2cc3cc(Cl)ccc3o2)CCCC1N. The summed E-state index contributed by atoms with van der Waals surface area (Å²) in [6.45, 7) is 1.94. The van der Waals surface area contributed by atoms with Crippen LogP contribution in [0.15, 0.2) is 28.7 Å². The Bertz CT molecular complexity index is 649. The molecule has 1 aromatic heterocycles. The van der Waals surface area contributed by atoms with Crippen molar-refractivity contribution in [3.8, 4) is 0 Å². The number of Topliss-reactive ketones (excluding diaryl/α,β-unsaturated/α-hetero) is 1. The van der Waals surface area contributed by atoms with Gasteiger partial charge in [-0.05, 0) is 37.1 Å². The minimum absolute atomic E-state index is 0.00447. The van der Waals surface area contributed by atoms with Crippen molar-refractivity contribution in [1.29, 1.82) is 0 Å². The van der Waals surface area contributed by atoms with Crippen molar-refractivity contribution < 1.29 is 9.21 Å². The second-order valence-electron chi connectivity index (χ2n) is 5.54. The number of nitrogens with two attached hydrogens (primary N) is 1. The number of carbonyl (C=O) groups is 1. The van der Waals surface area contributed by atoms with E-state index in [4.69, 9.17) is 21.8 Å². The molecule has 100 valence electrons. The van der Waals surface area contributed by atoms with E-state index in [9.17, 15) is 4.79 Å². The van der Waals surface area contributed by atoms with E-state index in [1.807, 2.05) is 6.92 Å². The Kier molecular flexibility index (Phi) is 2.91. The lowest BCUT2D eigenvalue weighted by Gasteiger charge is -2.25. The predicted molar refractivity (Wildman–Crippen MR) is 75.5 cm³/mol. The maximum Gasteiger partial charge on any atom is 0.205 e. The molecular weight excluding hydrogens is 262 g/mol. The van der Waals surface area contributed by atoms with Gasteiger partial charge >= 0.3 is 0 Å². The van der Waals surface area contributed by atoms with Gasteiger partial charge in [-0.15, -0.1) is 0 Å². The summed E-state index contributed by atoms with van der Waals surface area (Å²) < 4.78 is 5.65. The number of rotatable bonds is 2. The fraction of sp³-hybridized carbons (Fsp3) is 0.400. The van der Waals surface area contributed by atoms with Crippen molar-refractivity contribution in [3.63, 3.8) is 0 Å². The molecule has 2 aromatic rings. The molecule has 1 aliphatic rings. The standard InChI is InChI=1S/C15H16ClNO2/c1-15(6-2-3-13(15)17)14(18)12-8-9-7-10(16)4-5-11(9)19-12/h4-5,7-8,13H,2-3,6,17H2,1H3. The maximum atomic E-state index is 12.6. The van der Waals surface area contributed by atoms with Gasteiger partial charge in [0.25, 0.3) is 0 Å². The Morgan fingerprint density at radius 3 is 2.95 bits per heavy atom. The Labute approximate surface area is 116 Å². The number of halogens is 1. The molecule has 0 saturated heterocycles. The van der Waals surface area contributed by atoms with Gasteiger partial charge in [0.2, 0.25) is 5.78 Å². The van der Waals surface area contributed by atoms with Gasteiger partial charge in [-0.3, -0.25) is 4.79 Å². The van der Waals surface area contributed by atoms with Crippen molar-refractivity contribution >= 4 is 28.4 Å². The van der Waals surface area contributed by atoms with Gasteiger partial charge in [0, 0.05) is 21.9 Å². The highest BCUT2D eigenvalue weighted by Gasteiger charge is 2.44. The maximum absolute atomic E-state index is 12.6. The largest absolute Gasteiger partial charge is 0.453 e. The Balaban J connectivity index is 2.02. The molecule has 2 unspecified atom stereocenters.